The lowest BCUT2D eigenvalue weighted by molar-refractivity contribution is -0.145. The molecule has 0 spiro atoms. The maximum absolute atomic E-state index is 11.3. The number of thiazole rings is 1. The number of hydrogen-bond donors (Lipinski definition) is 0. The van der Waals surface area contributed by atoms with Gasteiger partial charge in [-0.15, -0.1) is 11.3 Å². The van der Waals surface area contributed by atoms with Crippen LogP contribution in [0.1, 0.15) is 17.6 Å². The number of nitrogens with zero attached hydrogens (tertiary/aromatic N) is 2. The van der Waals surface area contributed by atoms with Crippen molar-refractivity contribution >= 4 is 17.3 Å². The summed E-state index contributed by atoms with van der Waals surface area (Å²) in [6, 6.07) is 13.4. The molecule has 0 atom stereocenters. The Labute approximate surface area is 150 Å². The van der Waals surface area contributed by atoms with Gasteiger partial charge in [0.2, 0.25) is 0 Å². The van der Waals surface area contributed by atoms with Gasteiger partial charge in [-0.1, -0.05) is 6.07 Å². The van der Waals surface area contributed by atoms with Crippen molar-refractivity contribution in [1.29, 1.82) is 0 Å². The lowest BCUT2D eigenvalue weighted by Gasteiger charge is -2.06. The molecule has 25 heavy (non-hydrogen) atoms. The van der Waals surface area contributed by atoms with Crippen LogP contribution in [0.3, 0.4) is 0 Å². The van der Waals surface area contributed by atoms with Crippen LogP contribution in [-0.2, 0) is 16.0 Å². The second-order valence-electron chi connectivity index (χ2n) is 5.24. The minimum absolute atomic E-state index is 0.0852. The summed E-state index contributed by atoms with van der Waals surface area (Å²) in [7, 11) is 0. The van der Waals surface area contributed by atoms with Crippen LogP contribution in [-0.4, -0.2) is 29.2 Å². The van der Waals surface area contributed by atoms with E-state index in [2.05, 4.69) is 9.97 Å². The zero-order chi connectivity index (χ0) is 17.5. The Morgan fingerprint density at radius 2 is 2.00 bits per heavy atom. The highest BCUT2D eigenvalue weighted by molar-refractivity contribution is 7.10. The van der Waals surface area contributed by atoms with Gasteiger partial charge in [-0.25, -0.2) is 9.78 Å². The highest BCUT2D eigenvalue weighted by atomic mass is 32.1. The minimum atomic E-state index is -0.370. The summed E-state index contributed by atoms with van der Waals surface area (Å²) < 4.78 is 10.2. The Bertz CT molecular complexity index is 816. The van der Waals surface area contributed by atoms with Crippen molar-refractivity contribution in [1.82, 2.24) is 9.97 Å². The summed E-state index contributed by atoms with van der Waals surface area (Å²) in [5, 5.41) is 3.06. The first-order valence-electron chi connectivity index (χ1n) is 7.98. The van der Waals surface area contributed by atoms with Gasteiger partial charge in [0.05, 0.1) is 17.3 Å². The summed E-state index contributed by atoms with van der Waals surface area (Å²) in [6.07, 6.45) is 2.52. The molecule has 0 saturated heterocycles. The van der Waals surface area contributed by atoms with E-state index in [1.165, 1.54) is 0 Å². The van der Waals surface area contributed by atoms with Gasteiger partial charge in [-0.05, 0) is 43.3 Å². The SMILES string of the molecule is CCOC(=O)COc1ccc(-c2csc(Cc3ccccn3)n2)cc1. The maximum atomic E-state index is 11.3. The number of rotatable bonds is 7. The molecule has 0 unspecified atom stereocenters. The highest BCUT2D eigenvalue weighted by Gasteiger charge is 2.07. The van der Waals surface area contributed by atoms with E-state index in [9.17, 15) is 4.79 Å². The number of carbonyl (C=O) groups is 1. The molecular weight excluding hydrogens is 336 g/mol. The Balaban J connectivity index is 1.62. The van der Waals surface area contributed by atoms with Crippen LogP contribution in [0.25, 0.3) is 11.3 Å². The van der Waals surface area contributed by atoms with E-state index < -0.39 is 0 Å². The zero-order valence-corrected chi connectivity index (χ0v) is 14.7. The van der Waals surface area contributed by atoms with E-state index in [0.717, 1.165) is 28.4 Å². The molecule has 5 nitrogen and oxygen atoms in total. The fraction of sp³-hybridized carbons (Fsp3) is 0.211. The van der Waals surface area contributed by atoms with Gasteiger partial charge in [0.25, 0.3) is 0 Å². The molecule has 3 aromatic rings. The van der Waals surface area contributed by atoms with Crippen molar-refractivity contribution in [3.05, 3.63) is 64.7 Å². The molecular formula is C19H18N2O3S. The molecule has 1 aromatic carbocycles. The van der Waals surface area contributed by atoms with Crippen molar-refractivity contribution in [2.24, 2.45) is 0 Å². The van der Waals surface area contributed by atoms with Gasteiger partial charge in [0.15, 0.2) is 6.61 Å². The Kier molecular flexibility index (Phi) is 5.74. The molecule has 0 N–H and O–H groups in total. The zero-order valence-electron chi connectivity index (χ0n) is 13.8. The molecule has 0 aliphatic carbocycles. The summed E-state index contributed by atoms with van der Waals surface area (Å²) in [5.74, 6) is 0.256. The predicted octanol–water partition coefficient (Wildman–Crippen LogP) is 3.74. The molecule has 2 aromatic heterocycles. The first kappa shape index (κ1) is 17.1. The van der Waals surface area contributed by atoms with Gasteiger partial charge in [0, 0.05) is 29.3 Å². The molecule has 0 amide bonds. The van der Waals surface area contributed by atoms with Gasteiger partial charge >= 0.3 is 5.97 Å². The van der Waals surface area contributed by atoms with Crippen molar-refractivity contribution in [2.75, 3.05) is 13.2 Å². The van der Waals surface area contributed by atoms with Gasteiger partial charge in [0.1, 0.15) is 5.75 Å². The van der Waals surface area contributed by atoms with Crippen LogP contribution in [0, 0.1) is 0 Å². The molecule has 128 valence electrons. The fourth-order valence-electron chi connectivity index (χ4n) is 2.25. The van der Waals surface area contributed by atoms with Gasteiger partial charge in [-0.3, -0.25) is 4.98 Å². The molecule has 0 aliphatic heterocycles. The molecule has 6 heteroatoms. The lowest BCUT2D eigenvalue weighted by Crippen LogP contribution is -2.14. The normalized spacial score (nSPS) is 10.4. The molecule has 2 heterocycles. The third kappa shape index (κ3) is 4.87. The van der Waals surface area contributed by atoms with Crippen LogP contribution in [0.15, 0.2) is 54.0 Å². The standard InChI is InChI=1S/C19H18N2O3S/c1-2-23-19(22)12-24-16-8-6-14(7-9-16)17-13-25-18(21-17)11-15-5-3-4-10-20-15/h3-10,13H,2,11-12H2,1H3. The number of carbonyl (C=O) groups excluding carboxylic acids is 1. The van der Waals surface area contributed by atoms with E-state index in [1.54, 1.807) is 24.5 Å². The van der Waals surface area contributed by atoms with Crippen LogP contribution in [0.5, 0.6) is 5.75 Å². The highest BCUT2D eigenvalue weighted by Crippen LogP contribution is 2.25. The first-order valence-corrected chi connectivity index (χ1v) is 8.85. The molecule has 0 saturated carbocycles. The van der Waals surface area contributed by atoms with Crippen LogP contribution >= 0.6 is 11.3 Å². The van der Waals surface area contributed by atoms with Crippen molar-refractivity contribution in [3.63, 3.8) is 0 Å². The molecule has 0 radical (unpaired) electrons. The Hall–Kier alpha value is -2.73. The molecule has 3 rings (SSSR count). The van der Waals surface area contributed by atoms with E-state index >= 15 is 0 Å². The smallest absolute Gasteiger partial charge is 0.344 e. The number of aromatic nitrogens is 2. The minimum Gasteiger partial charge on any atom is -0.482 e. The third-order valence-electron chi connectivity index (χ3n) is 3.42. The van der Waals surface area contributed by atoms with Crippen molar-refractivity contribution in [2.45, 2.75) is 13.3 Å². The first-order chi connectivity index (χ1) is 12.2. The van der Waals surface area contributed by atoms with Crippen LogP contribution < -0.4 is 4.74 Å². The quantitative estimate of drug-likeness (QED) is 0.605. The second kappa shape index (κ2) is 8.39. The van der Waals surface area contributed by atoms with Gasteiger partial charge in [-0.2, -0.15) is 0 Å². The summed E-state index contributed by atoms with van der Waals surface area (Å²) >= 11 is 1.62. The van der Waals surface area contributed by atoms with E-state index in [-0.39, 0.29) is 12.6 Å². The molecule has 0 bridgehead atoms. The molecule has 0 aliphatic rings. The maximum Gasteiger partial charge on any atom is 0.344 e. The largest absolute Gasteiger partial charge is 0.482 e. The van der Waals surface area contributed by atoms with Gasteiger partial charge < -0.3 is 9.47 Å². The van der Waals surface area contributed by atoms with Crippen LogP contribution in [0.2, 0.25) is 0 Å². The average Bonchev–Trinajstić information content (AvgIpc) is 3.10. The summed E-state index contributed by atoms with van der Waals surface area (Å²) in [5.41, 5.74) is 2.94. The van der Waals surface area contributed by atoms with Crippen LogP contribution in [0.4, 0.5) is 0 Å². The number of pyridine rings is 1. The monoisotopic (exact) mass is 354 g/mol. The Morgan fingerprint density at radius 3 is 2.72 bits per heavy atom. The third-order valence-corrected chi connectivity index (χ3v) is 4.27. The number of hydrogen-bond acceptors (Lipinski definition) is 6. The number of ether oxygens (including phenoxy) is 2. The average molecular weight is 354 g/mol. The lowest BCUT2D eigenvalue weighted by atomic mass is 10.2. The second-order valence-corrected chi connectivity index (χ2v) is 6.19. The molecule has 0 fully saturated rings. The number of esters is 1. The number of benzene rings is 1. The van der Waals surface area contributed by atoms with E-state index in [0.29, 0.717) is 12.4 Å². The summed E-state index contributed by atoms with van der Waals surface area (Å²) in [6.45, 7) is 2.03. The van der Waals surface area contributed by atoms with E-state index in [4.69, 9.17) is 9.47 Å². The summed E-state index contributed by atoms with van der Waals surface area (Å²) in [4.78, 5) is 20.3. The Morgan fingerprint density at radius 1 is 1.16 bits per heavy atom. The van der Waals surface area contributed by atoms with Crippen molar-refractivity contribution in [3.8, 4) is 17.0 Å². The fourth-order valence-corrected chi connectivity index (χ4v) is 3.07. The van der Waals surface area contributed by atoms with E-state index in [1.807, 2.05) is 47.8 Å². The predicted molar refractivity (Wildman–Crippen MR) is 96.7 cm³/mol. The van der Waals surface area contributed by atoms with Crippen molar-refractivity contribution < 1.29 is 14.3 Å². The topological polar surface area (TPSA) is 61.3 Å².